The van der Waals surface area contributed by atoms with Crippen LogP contribution in [-0.2, 0) is 9.53 Å². The third-order valence-corrected chi connectivity index (χ3v) is 1.60. The van der Waals surface area contributed by atoms with Gasteiger partial charge in [0, 0.05) is 11.5 Å². The molecule has 0 amide bonds. The molecule has 7 heteroatoms. The van der Waals surface area contributed by atoms with Gasteiger partial charge in [0.1, 0.15) is 0 Å². The topological polar surface area (TPSA) is 102 Å². The summed E-state index contributed by atoms with van der Waals surface area (Å²) < 4.78 is 7.96. The molecule has 1 aromatic heterocycles. The highest BCUT2D eigenvalue weighted by Crippen LogP contribution is 2.06. The van der Waals surface area contributed by atoms with E-state index in [1.54, 1.807) is 0 Å². The van der Waals surface area contributed by atoms with Crippen molar-refractivity contribution in [1.29, 1.82) is 5.41 Å². The van der Waals surface area contributed by atoms with E-state index in [-0.39, 0.29) is 16.7 Å². The highest BCUT2D eigenvalue weighted by Gasteiger charge is 2.16. The first-order valence-electron chi connectivity index (χ1n) is 2.91. The highest BCUT2D eigenvalue weighted by atomic mass is 32.1. The van der Waals surface area contributed by atoms with Crippen molar-refractivity contribution in [1.82, 2.24) is 9.36 Å². The first-order valence-corrected chi connectivity index (χ1v) is 3.69. The summed E-state index contributed by atoms with van der Waals surface area (Å²) in [4.78, 5) is 14.4. The van der Waals surface area contributed by atoms with Gasteiger partial charge >= 0.3 is 5.97 Å². The van der Waals surface area contributed by atoms with Crippen LogP contribution in [0.15, 0.2) is 0 Å². The molecule has 0 aliphatic rings. The van der Waals surface area contributed by atoms with E-state index in [2.05, 4.69) is 14.1 Å². The Morgan fingerprint density at radius 3 is 2.83 bits per heavy atom. The van der Waals surface area contributed by atoms with Crippen LogP contribution in [0.25, 0.3) is 0 Å². The van der Waals surface area contributed by atoms with Crippen molar-refractivity contribution in [3.05, 3.63) is 5.82 Å². The van der Waals surface area contributed by atoms with E-state index in [0.717, 1.165) is 11.5 Å². The van der Waals surface area contributed by atoms with Crippen LogP contribution in [0.5, 0.6) is 0 Å². The molecule has 1 aromatic rings. The molecule has 1 heterocycles. The molecule has 64 valence electrons. The molecule has 0 spiro atoms. The molecular formula is C5H6N4O2S. The van der Waals surface area contributed by atoms with Crippen LogP contribution in [0.4, 0.5) is 5.13 Å². The summed E-state index contributed by atoms with van der Waals surface area (Å²) in [5, 5.41) is 7.42. The molecule has 0 aliphatic heterocycles. The fourth-order valence-corrected chi connectivity index (χ4v) is 0.969. The number of hydrogen-bond acceptors (Lipinski definition) is 7. The predicted octanol–water partition coefficient (Wildman–Crippen LogP) is -0.339. The van der Waals surface area contributed by atoms with Gasteiger partial charge in [0.25, 0.3) is 0 Å². The van der Waals surface area contributed by atoms with E-state index in [1.165, 1.54) is 7.11 Å². The van der Waals surface area contributed by atoms with Gasteiger partial charge < -0.3 is 10.5 Å². The summed E-state index contributed by atoms with van der Waals surface area (Å²) in [6.07, 6.45) is 0. The van der Waals surface area contributed by atoms with Crippen molar-refractivity contribution in [3.8, 4) is 0 Å². The van der Waals surface area contributed by atoms with E-state index in [4.69, 9.17) is 11.1 Å². The third-order valence-electron chi connectivity index (χ3n) is 1.05. The second-order valence-corrected chi connectivity index (χ2v) is 2.61. The van der Waals surface area contributed by atoms with E-state index < -0.39 is 5.97 Å². The molecule has 0 bridgehead atoms. The van der Waals surface area contributed by atoms with E-state index in [9.17, 15) is 4.79 Å². The van der Waals surface area contributed by atoms with Crippen molar-refractivity contribution in [2.24, 2.45) is 0 Å². The van der Waals surface area contributed by atoms with Gasteiger partial charge in [-0.1, -0.05) is 0 Å². The maximum atomic E-state index is 10.8. The lowest BCUT2D eigenvalue weighted by atomic mass is 10.4. The quantitative estimate of drug-likeness (QED) is 0.486. The Balaban J connectivity index is 2.85. The minimum atomic E-state index is -0.771. The average Bonchev–Trinajstić information content (AvgIpc) is 2.49. The second-order valence-electron chi connectivity index (χ2n) is 1.82. The summed E-state index contributed by atoms with van der Waals surface area (Å²) in [5.74, 6) is -0.767. The van der Waals surface area contributed by atoms with Gasteiger partial charge in [-0.15, -0.1) is 0 Å². The average molecular weight is 186 g/mol. The molecule has 12 heavy (non-hydrogen) atoms. The van der Waals surface area contributed by atoms with Crippen LogP contribution in [0.1, 0.15) is 5.82 Å². The minimum absolute atomic E-state index is 0.00403. The summed E-state index contributed by atoms with van der Waals surface area (Å²) in [6.45, 7) is 0. The Morgan fingerprint density at radius 2 is 2.42 bits per heavy atom. The number of hydrogen-bond donors (Lipinski definition) is 2. The number of nitrogens with two attached hydrogens (primary N) is 1. The molecule has 1 rings (SSSR count). The molecule has 0 aliphatic carbocycles. The summed E-state index contributed by atoms with van der Waals surface area (Å²) >= 11 is 0.929. The number of methoxy groups -OCH3 is 1. The van der Waals surface area contributed by atoms with Gasteiger partial charge in [-0.3, -0.25) is 5.41 Å². The van der Waals surface area contributed by atoms with Crippen LogP contribution in [0.2, 0.25) is 0 Å². The van der Waals surface area contributed by atoms with Crippen molar-refractivity contribution in [2.75, 3.05) is 12.8 Å². The number of esters is 1. The lowest BCUT2D eigenvalue weighted by Gasteiger charge is -1.94. The third kappa shape index (κ3) is 1.56. The zero-order valence-electron chi connectivity index (χ0n) is 6.20. The molecule has 0 saturated carbocycles. The van der Waals surface area contributed by atoms with Gasteiger partial charge in [-0.05, 0) is 0 Å². The molecule has 0 aromatic carbocycles. The minimum Gasteiger partial charge on any atom is -0.464 e. The van der Waals surface area contributed by atoms with Crippen LogP contribution >= 0.6 is 11.5 Å². The zero-order chi connectivity index (χ0) is 9.14. The van der Waals surface area contributed by atoms with Crippen LogP contribution < -0.4 is 5.73 Å². The Hall–Kier alpha value is -1.50. The number of rotatable bonds is 2. The first kappa shape index (κ1) is 8.60. The Labute approximate surface area is 72.0 Å². The van der Waals surface area contributed by atoms with Gasteiger partial charge in [0.2, 0.25) is 0 Å². The standard InChI is InChI=1S/C5H6N4O2S/c1-11-4(10)2(6)3-8-5(7)12-9-3/h6H,1H3,(H2,7,8,9). The number of carbonyl (C=O) groups is 1. The Bertz CT molecular complexity index is 321. The number of aromatic nitrogens is 2. The first-order chi connectivity index (χ1) is 5.65. The fraction of sp³-hybridized carbons (Fsp3) is 0.200. The number of anilines is 1. The maximum absolute atomic E-state index is 10.8. The van der Waals surface area contributed by atoms with Crippen molar-refractivity contribution in [2.45, 2.75) is 0 Å². The highest BCUT2D eigenvalue weighted by molar-refractivity contribution is 7.09. The number of ether oxygens (including phenoxy) is 1. The van der Waals surface area contributed by atoms with Gasteiger partial charge in [-0.25, -0.2) is 4.79 Å². The van der Waals surface area contributed by atoms with Crippen LogP contribution in [0, 0.1) is 5.41 Å². The Morgan fingerprint density at radius 1 is 1.75 bits per heavy atom. The molecular weight excluding hydrogens is 180 g/mol. The molecule has 0 unspecified atom stereocenters. The van der Waals surface area contributed by atoms with Crippen molar-refractivity contribution in [3.63, 3.8) is 0 Å². The smallest absolute Gasteiger partial charge is 0.359 e. The van der Waals surface area contributed by atoms with Gasteiger partial charge in [0.05, 0.1) is 7.11 Å². The number of nitrogens with one attached hydrogen (secondary N) is 1. The maximum Gasteiger partial charge on any atom is 0.359 e. The number of nitrogen functional groups attached to an aromatic ring is 1. The molecule has 0 atom stereocenters. The van der Waals surface area contributed by atoms with Crippen LogP contribution in [-0.4, -0.2) is 28.1 Å². The second kappa shape index (κ2) is 3.26. The lowest BCUT2D eigenvalue weighted by molar-refractivity contribution is -0.132. The van der Waals surface area contributed by atoms with Crippen molar-refractivity contribution >= 4 is 28.3 Å². The molecule has 6 nitrogen and oxygen atoms in total. The Kier molecular flexibility index (Phi) is 2.34. The predicted molar refractivity (Wildman–Crippen MR) is 43.2 cm³/mol. The largest absolute Gasteiger partial charge is 0.464 e. The van der Waals surface area contributed by atoms with E-state index in [0.29, 0.717) is 0 Å². The zero-order valence-corrected chi connectivity index (χ0v) is 7.01. The lowest BCUT2D eigenvalue weighted by Crippen LogP contribution is -2.17. The summed E-state index contributed by atoms with van der Waals surface area (Å²) in [7, 11) is 1.19. The summed E-state index contributed by atoms with van der Waals surface area (Å²) in [5.41, 5.74) is 4.87. The normalized spacial score (nSPS) is 9.42. The molecule has 0 fully saturated rings. The van der Waals surface area contributed by atoms with Crippen LogP contribution in [0.3, 0.4) is 0 Å². The molecule has 0 saturated heterocycles. The molecule has 0 radical (unpaired) electrons. The number of nitrogens with zero attached hydrogens (tertiary/aromatic N) is 2. The van der Waals surface area contributed by atoms with Gasteiger partial charge in [-0.2, -0.15) is 9.36 Å². The molecule has 3 N–H and O–H groups in total. The fourth-order valence-electron chi connectivity index (χ4n) is 0.530. The monoisotopic (exact) mass is 186 g/mol. The van der Waals surface area contributed by atoms with Crippen molar-refractivity contribution < 1.29 is 9.53 Å². The van der Waals surface area contributed by atoms with E-state index >= 15 is 0 Å². The SMILES string of the molecule is COC(=O)C(=N)c1nsc(N)n1. The number of carbonyl (C=O) groups excluding carboxylic acids is 1. The van der Waals surface area contributed by atoms with E-state index in [1.807, 2.05) is 0 Å². The summed E-state index contributed by atoms with van der Waals surface area (Å²) in [6, 6.07) is 0. The van der Waals surface area contributed by atoms with Gasteiger partial charge in [0.15, 0.2) is 16.7 Å².